The van der Waals surface area contributed by atoms with Gasteiger partial charge >= 0.3 is 0 Å². The van der Waals surface area contributed by atoms with Crippen molar-refractivity contribution in [3.05, 3.63) is 22.3 Å². The molecule has 0 fully saturated rings. The van der Waals surface area contributed by atoms with E-state index in [4.69, 9.17) is 14.2 Å². The standard InChI is InChI=1S/C51H92N2O6/c1-42-25-22-32-50(3,4)46(42)29-17-13-9-8-12-16-28-45(54)41-44(49(56)53-35-24-36-58-39-40-59-38-37-57-7)27-20-21-34-52-48(55)31-19-15-11-10-14-18-30-47-43(2)26-23-33-51(47,5)6/h44H,8-41H2,1-7H3,(H,52,55)(H,53,56)/t44-/m1/s1. The molecule has 0 aromatic heterocycles. The van der Waals surface area contributed by atoms with Crippen LogP contribution in [0.3, 0.4) is 0 Å². The number of unbranched alkanes of at least 4 members (excludes halogenated alkanes) is 11. The van der Waals surface area contributed by atoms with Crippen molar-refractivity contribution in [2.45, 2.75) is 215 Å². The molecule has 342 valence electrons. The number of Topliss-reactive ketones (excluding diaryl/α,β-unsaturated/α-hetero) is 1. The number of ketones is 1. The summed E-state index contributed by atoms with van der Waals surface area (Å²) in [6, 6.07) is 0. The number of allylic oxidation sites excluding steroid dienone is 4. The van der Waals surface area contributed by atoms with Gasteiger partial charge in [-0.05, 0) is 121 Å². The zero-order chi connectivity index (χ0) is 43.2. The van der Waals surface area contributed by atoms with Crippen molar-refractivity contribution in [1.82, 2.24) is 10.6 Å². The third-order valence-electron chi connectivity index (χ3n) is 13.3. The van der Waals surface area contributed by atoms with Gasteiger partial charge in [0.05, 0.1) is 26.4 Å². The van der Waals surface area contributed by atoms with E-state index in [-0.39, 0.29) is 23.5 Å². The Labute approximate surface area is 363 Å². The van der Waals surface area contributed by atoms with E-state index in [1.807, 2.05) is 0 Å². The van der Waals surface area contributed by atoms with Gasteiger partial charge in [0.15, 0.2) is 0 Å². The fourth-order valence-corrected chi connectivity index (χ4v) is 9.61. The molecule has 0 aromatic carbocycles. The first kappa shape index (κ1) is 53.1. The van der Waals surface area contributed by atoms with Gasteiger partial charge in [-0.15, -0.1) is 0 Å². The van der Waals surface area contributed by atoms with Gasteiger partial charge in [-0.3, -0.25) is 14.4 Å². The van der Waals surface area contributed by atoms with Crippen molar-refractivity contribution in [2.24, 2.45) is 16.7 Å². The average Bonchev–Trinajstić information content (AvgIpc) is 3.18. The summed E-state index contributed by atoms with van der Waals surface area (Å²) in [5.74, 6) is -0.0505. The molecule has 1 atom stereocenters. The van der Waals surface area contributed by atoms with Crippen LogP contribution in [-0.4, -0.2) is 70.8 Å². The van der Waals surface area contributed by atoms with E-state index in [1.165, 1.54) is 103 Å². The Bertz CT molecular complexity index is 1240. The molecule has 0 aromatic rings. The number of hydrogen-bond acceptors (Lipinski definition) is 6. The minimum atomic E-state index is -0.329. The van der Waals surface area contributed by atoms with Crippen LogP contribution in [0.1, 0.15) is 215 Å². The third-order valence-corrected chi connectivity index (χ3v) is 13.3. The second-order valence-electron chi connectivity index (χ2n) is 19.4. The second-order valence-corrected chi connectivity index (χ2v) is 19.4. The highest BCUT2D eigenvalue weighted by Crippen LogP contribution is 2.43. The number of amides is 2. The van der Waals surface area contributed by atoms with Gasteiger partial charge in [-0.25, -0.2) is 0 Å². The van der Waals surface area contributed by atoms with E-state index in [1.54, 1.807) is 29.4 Å². The molecule has 0 radical (unpaired) electrons. The molecule has 0 saturated heterocycles. The van der Waals surface area contributed by atoms with Crippen LogP contribution >= 0.6 is 0 Å². The maximum Gasteiger partial charge on any atom is 0.223 e. The molecule has 59 heavy (non-hydrogen) atoms. The van der Waals surface area contributed by atoms with Gasteiger partial charge in [-0.1, -0.05) is 108 Å². The summed E-state index contributed by atoms with van der Waals surface area (Å²) >= 11 is 0. The Morgan fingerprint density at radius 3 is 1.63 bits per heavy atom. The van der Waals surface area contributed by atoms with Crippen molar-refractivity contribution >= 4 is 17.6 Å². The van der Waals surface area contributed by atoms with Crippen molar-refractivity contribution in [3.63, 3.8) is 0 Å². The lowest BCUT2D eigenvalue weighted by Crippen LogP contribution is -2.33. The number of methoxy groups -OCH3 is 1. The molecule has 2 amide bonds. The van der Waals surface area contributed by atoms with Crippen LogP contribution in [0.25, 0.3) is 0 Å². The Kier molecular flexibility index (Phi) is 28.6. The average molecular weight is 829 g/mol. The number of nitrogens with one attached hydrogen (secondary N) is 2. The lowest BCUT2D eigenvalue weighted by Gasteiger charge is -2.34. The van der Waals surface area contributed by atoms with Crippen molar-refractivity contribution in [1.29, 1.82) is 0 Å². The van der Waals surface area contributed by atoms with Crippen LogP contribution in [0.15, 0.2) is 22.3 Å². The Morgan fingerprint density at radius 1 is 0.576 bits per heavy atom. The van der Waals surface area contributed by atoms with Gasteiger partial charge in [0.25, 0.3) is 0 Å². The molecule has 0 bridgehead atoms. The molecule has 0 aliphatic heterocycles. The van der Waals surface area contributed by atoms with Crippen LogP contribution < -0.4 is 10.6 Å². The van der Waals surface area contributed by atoms with Crippen LogP contribution in [0.2, 0.25) is 0 Å². The van der Waals surface area contributed by atoms with E-state index in [2.05, 4.69) is 52.2 Å². The first-order valence-corrected chi connectivity index (χ1v) is 24.5. The number of ether oxygens (including phenoxy) is 3. The van der Waals surface area contributed by atoms with E-state index in [0.29, 0.717) is 89.1 Å². The molecule has 8 heteroatoms. The van der Waals surface area contributed by atoms with Crippen LogP contribution in [0, 0.1) is 16.7 Å². The molecule has 0 unspecified atom stereocenters. The lowest BCUT2D eigenvalue weighted by atomic mass is 9.71. The summed E-state index contributed by atoms with van der Waals surface area (Å²) < 4.78 is 16.0. The fourth-order valence-electron chi connectivity index (χ4n) is 9.61. The Balaban J connectivity index is 1.62. The zero-order valence-electron chi connectivity index (χ0n) is 39.6. The molecule has 2 aliphatic carbocycles. The summed E-state index contributed by atoms with van der Waals surface area (Å²) in [4.78, 5) is 38.9. The van der Waals surface area contributed by atoms with Crippen molar-refractivity contribution < 1.29 is 28.6 Å². The van der Waals surface area contributed by atoms with Gasteiger partial charge in [0.1, 0.15) is 5.78 Å². The minimum absolute atomic E-state index is 0.0400. The van der Waals surface area contributed by atoms with E-state index < -0.39 is 0 Å². The maximum atomic E-state index is 13.3. The normalized spacial score (nSPS) is 17.0. The summed E-state index contributed by atoms with van der Waals surface area (Å²) in [5, 5.41) is 6.15. The molecule has 0 heterocycles. The van der Waals surface area contributed by atoms with Crippen LogP contribution in [0.5, 0.6) is 0 Å². The molecular weight excluding hydrogens is 737 g/mol. The molecule has 0 spiro atoms. The predicted molar refractivity (Wildman–Crippen MR) is 246 cm³/mol. The van der Waals surface area contributed by atoms with Crippen molar-refractivity contribution in [2.75, 3.05) is 53.2 Å². The highest BCUT2D eigenvalue weighted by Gasteiger charge is 2.28. The van der Waals surface area contributed by atoms with E-state index >= 15 is 0 Å². The van der Waals surface area contributed by atoms with Crippen molar-refractivity contribution in [3.8, 4) is 0 Å². The summed E-state index contributed by atoms with van der Waals surface area (Å²) in [5.41, 5.74) is 7.43. The smallest absolute Gasteiger partial charge is 0.223 e. The number of hydrogen-bond donors (Lipinski definition) is 2. The molecule has 8 nitrogen and oxygen atoms in total. The lowest BCUT2D eigenvalue weighted by molar-refractivity contribution is -0.129. The highest BCUT2D eigenvalue weighted by atomic mass is 16.5. The van der Waals surface area contributed by atoms with E-state index in [9.17, 15) is 14.4 Å². The fraction of sp³-hybridized carbons (Fsp3) is 0.863. The predicted octanol–water partition coefficient (Wildman–Crippen LogP) is 12.3. The van der Waals surface area contributed by atoms with Gasteiger partial charge in [-0.2, -0.15) is 0 Å². The van der Waals surface area contributed by atoms with E-state index in [0.717, 1.165) is 38.5 Å². The van der Waals surface area contributed by atoms with Crippen LogP contribution in [-0.2, 0) is 28.6 Å². The number of carbonyl (C=O) groups is 3. The maximum absolute atomic E-state index is 13.3. The molecule has 2 rings (SSSR count). The minimum Gasteiger partial charge on any atom is -0.382 e. The molecule has 0 saturated carbocycles. The quantitative estimate of drug-likeness (QED) is 0.0482. The second kappa shape index (κ2) is 31.8. The summed E-state index contributed by atoms with van der Waals surface area (Å²) in [7, 11) is 1.65. The molecular formula is C51H92N2O6. The van der Waals surface area contributed by atoms with Gasteiger partial charge in [0.2, 0.25) is 11.8 Å². The van der Waals surface area contributed by atoms with Gasteiger partial charge < -0.3 is 24.8 Å². The zero-order valence-corrected chi connectivity index (χ0v) is 39.6. The third kappa shape index (κ3) is 24.3. The number of carbonyl (C=O) groups excluding carboxylic acids is 3. The SMILES string of the molecule is COCCOCCOCCCNC(=O)[C@H](CCCCNC(=O)CCCCCCCCC1=C(C)CCCC1(C)C)CC(=O)CCCCCCCCC1=C(C)CCCC1(C)C. The molecule has 2 N–H and O–H groups in total. The monoisotopic (exact) mass is 829 g/mol. The first-order chi connectivity index (χ1) is 28.4. The molecule has 2 aliphatic rings. The Hall–Kier alpha value is -2.03. The topological polar surface area (TPSA) is 103 Å². The highest BCUT2D eigenvalue weighted by molar-refractivity contribution is 5.86. The first-order valence-electron chi connectivity index (χ1n) is 24.5. The largest absolute Gasteiger partial charge is 0.382 e. The summed E-state index contributed by atoms with van der Waals surface area (Å²) in [6.45, 7) is 18.2. The number of rotatable bonds is 36. The summed E-state index contributed by atoms with van der Waals surface area (Å²) in [6.07, 6.45) is 28.7. The Morgan fingerprint density at radius 2 is 1.07 bits per heavy atom. The van der Waals surface area contributed by atoms with Crippen LogP contribution in [0.4, 0.5) is 0 Å². The van der Waals surface area contributed by atoms with Gasteiger partial charge in [0, 0.05) is 52.0 Å².